The molecule has 2 rings (SSSR count). The summed E-state index contributed by atoms with van der Waals surface area (Å²) in [5, 5.41) is 13.5. The first-order valence-electron chi connectivity index (χ1n) is 8.13. The molecule has 0 aliphatic heterocycles. The zero-order chi connectivity index (χ0) is 19.4. The van der Waals surface area contributed by atoms with E-state index in [0.717, 1.165) is 16.8 Å². The van der Waals surface area contributed by atoms with Gasteiger partial charge in [0.1, 0.15) is 6.04 Å². The zero-order valence-corrected chi connectivity index (χ0v) is 15.2. The van der Waals surface area contributed by atoms with Crippen molar-refractivity contribution in [3.8, 4) is 0 Å². The number of primary amides is 2. The van der Waals surface area contributed by atoms with Gasteiger partial charge < -0.3 is 22.1 Å². The number of amides is 2. The lowest BCUT2D eigenvalue weighted by Gasteiger charge is -2.19. The Morgan fingerprint density at radius 3 is 2.31 bits per heavy atom. The normalized spacial score (nSPS) is 11.9. The number of anilines is 3. The molecule has 26 heavy (non-hydrogen) atoms. The van der Waals surface area contributed by atoms with E-state index in [1.54, 1.807) is 0 Å². The first-order valence-corrected chi connectivity index (χ1v) is 8.13. The summed E-state index contributed by atoms with van der Waals surface area (Å²) >= 11 is 0. The van der Waals surface area contributed by atoms with Crippen LogP contribution in [0, 0.1) is 19.8 Å². The fraction of sp³-hybridized carbons (Fsp3) is 0.353. The molecule has 0 aliphatic rings. The number of hydrogen-bond donors (Lipinski definition) is 4. The van der Waals surface area contributed by atoms with E-state index in [9.17, 15) is 9.59 Å². The van der Waals surface area contributed by atoms with Gasteiger partial charge in [-0.3, -0.25) is 9.59 Å². The van der Waals surface area contributed by atoms with E-state index in [0.29, 0.717) is 0 Å². The molecule has 0 spiro atoms. The topological polar surface area (TPSA) is 149 Å². The van der Waals surface area contributed by atoms with E-state index < -0.39 is 17.9 Å². The fourth-order valence-electron chi connectivity index (χ4n) is 2.30. The largest absolute Gasteiger partial charge is 0.368 e. The second-order valence-corrected chi connectivity index (χ2v) is 6.39. The second-order valence-electron chi connectivity index (χ2n) is 6.39. The molecule has 1 aromatic heterocycles. The van der Waals surface area contributed by atoms with Crippen molar-refractivity contribution in [2.24, 2.45) is 17.4 Å². The van der Waals surface area contributed by atoms with Gasteiger partial charge in [-0.05, 0) is 43.0 Å². The molecule has 1 atom stereocenters. The first-order chi connectivity index (χ1) is 12.2. The van der Waals surface area contributed by atoms with E-state index in [1.165, 1.54) is 0 Å². The lowest BCUT2D eigenvalue weighted by Crippen LogP contribution is -2.40. The van der Waals surface area contributed by atoms with Crippen LogP contribution in [0.4, 0.5) is 17.5 Å². The van der Waals surface area contributed by atoms with Crippen LogP contribution < -0.4 is 22.1 Å². The van der Waals surface area contributed by atoms with Crippen molar-refractivity contribution in [2.75, 3.05) is 10.6 Å². The first kappa shape index (κ1) is 19.1. The number of benzene rings is 1. The van der Waals surface area contributed by atoms with E-state index in [2.05, 4.69) is 25.8 Å². The minimum atomic E-state index is -0.766. The van der Waals surface area contributed by atoms with Crippen molar-refractivity contribution in [2.45, 2.75) is 33.7 Å². The summed E-state index contributed by atoms with van der Waals surface area (Å²) in [5.74, 6) is -1.17. The monoisotopic (exact) mass is 357 g/mol. The molecular weight excluding hydrogens is 334 g/mol. The van der Waals surface area contributed by atoms with Gasteiger partial charge in [0, 0.05) is 5.69 Å². The molecule has 138 valence electrons. The summed E-state index contributed by atoms with van der Waals surface area (Å²) in [6, 6.07) is 5.03. The summed E-state index contributed by atoms with van der Waals surface area (Å²) in [5.41, 5.74) is 13.6. The van der Waals surface area contributed by atoms with Crippen LogP contribution >= 0.6 is 0 Å². The molecule has 2 aromatic rings. The standard InChI is InChI=1S/C17H23N7O2/c1-8(2)12(14(18)25)21-17-22-16(13(15(19)26)23-24-17)20-11-6-5-9(3)10(4)7-11/h5-8,12H,1-4H3,(H2,18,25)(H2,19,26)(H2,20,21,22,24)/t12-/m1/s1. The van der Waals surface area contributed by atoms with E-state index in [4.69, 9.17) is 11.5 Å². The maximum absolute atomic E-state index is 11.6. The van der Waals surface area contributed by atoms with Crippen LogP contribution in [0.15, 0.2) is 18.2 Å². The van der Waals surface area contributed by atoms with E-state index >= 15 is 0 Å². The Balaban J connectivity index is 2.37. The summed E-state index contributed by atoms with van der Waals surface area (Å²) in [6.45, 7) is 7.64. The third-order valence-electron chi connectivity index (χ3n) is 3.95. The maximum atomic E-state index is 11.6. The van der Waals surface area contributed by atoms with Crippen LogP contribution in [-0.2, 0) is 4.79 Å². The highest BCUT2D eigenvalue weighted by atomic mass is 16.1. The molecule has 9 heteroatoms. The highest BCUT2D eigenvalue weighted by Crippen LogP contribution is 2.21. The Labute approximate surface area is 151 Å². The molecule has 0 saturated heterocycles. The van der Waals surface area contributed by atoms with E-state index in [1.807, 2.05) is 45.9 Å². The van der Waals surface area contributed by atoms with Crippen molar-refractivity contribution in [3.63, 3.8) is 0 Å². The Kier molecular flexibility index (Phi) is 5.71. The quantitative estimate of drug-likeness (QED) is 0.582. The Morgan fingerprint density at radius 2 is 1.77 bits per heavy atom. The van der Waals surface area contributed by atoms with Gasteiger partial charge in [0.25, 0.3) is 5.91 Å². The molecule has 0 fully saturated rings. The molecule has 9 nitrogen and oxygen atoms in total. The van der Waals surface area contributed by atoms with Gasteiger partial charge in [-0.25, -0.2) is 0 Å². The van der Waals surface area contributed by atoms with Crippen molar-refractivity contribution < 1.29 is 9.59 Å². The summed E-state index contributed by atoms with van der Waals surface area (Å²) < 4.78 is 0. The van der Waals surface area contributed by atoms with Gasteiger partial charge in [-0.15, -0.1) is 10.2 Å². The average molecular weight is 357 g/mol. The smallest absolute Gasteiger partial charge is 0.273 e. The third kappa shape index (κ3) is 4.44. The van der Waals surface area contributed by atoms with Crippen molar-refractivity contribution in [1.29, 1.82) is 0 Å². The van der Waals surface area contributed by atoms with E-state index in [-0.39, 0.29) is 23.4 Å². The lowest BCUT2D eigenvalue weighted by atomic mass is 10.0. The molecule has 0 radical (unpaired) electrons. The van der Waals surface area contributed by atoms with Gasteiger partial charge in [0.2, 0.25) is 11.9 Å². The highest BCUT2D eigenvalue weighted by Gasteiger charge is 2.22. The van der Waals surface area contributed by atoms with Crippen molar-refractivity contribution in [1.82, 2.24) is 15.2 Å². The van der Waals surface area contributed by atoms with Crippen LogP contribution in [0.3, 0.4) is 0 Å². The van der Waals surface area contributed by atoms with Crippen LogP contribution in [0.5, 0.6) is 0 Å². The minimum absolute atomic E-state index is 0.0684. The third-order valence-corrected chi connectivity index (χ3v) is 3.95. The maximum Gasteiger partial charge on any atom is 0.273 e. The Hall–Kier alpha value is -3.23. The molecule has 2 amide bonds. The van der Waals surface area contributed by atoms with Crippen LogP contribution in [0.1, 0.15) is 35.5 Å². The molecule has 0 unspecified atom stereocenters. The number of carbonyl (C=O) groups is 2. The summed E-state index contributed by atoms with van der Waals surface area (Å²) in [7, 11) is 0. The molecule has 0 saturated carbocycles. The summed E-state index contributed by atoms with van der Waals surface area (Å²) in [6.07, 6.45) is 0. The molecule has 0 bridgehead atoms. The van der Waals surface area contributed by atoms with Gasteiger partial charge in [0.05, 0.1) is 0 Å². The number of aromatic nitrogens is 3. The number of nitrogens with two attached hydrogens (primary N) is 2. The van der Waals surface area contributed by atoms with Crippen molar-refractivity contribution >= 4 is 29.3 Å². The predicted molar refractivity (Wildman–Crippen MR) is 99.0 cm³/mol. The van der Waals surface area contributed by atoms with Crippen LogP contribution in [0.25, 0.3) is 0 Å². The number of aryl methyl sites for hydroxylation is 2. The Morgan fingerprint density at radius 1 is 1.08 bits per heavy atom. The van der Waals surface area contributed by atoms with Gasteiger partial charge in [0.15, 0.2) is 11.5 Å². The number of carbonyl (C=O) groups excluding carboxylic acids is 2. The number of nitrogens with zero attached hydrogens (tertiary/aromatic N) is 3. The fourth-order valence-corrected chi connectivity index (χ4v) is 2.30. The van der Waals surface area contributed by atoms with Crippen molar-refractivity contribution in [3.05, 3.63) is 35.0 Å². The predicted octanol–water partition coefficient (Wildman–Crippen LogP) is 1.25. The molecule has 1 heterocycles. The second kappa shape index (κ2) is 7.77. The SMILES string of the molecule is Cc1ccc(Nc2nc(N[C@@H](C(N)=O)C(C)C)nnc2C(N)=O)cc1C. The van der Waals surface area contributed by atoms with Gasteiger partial charge in [-0.2, -0.15) is 4.98 Å². The number of nitrogens with one attached hydrogen (secondary N) is 2. The molecule has 1 aromatic carbocycles. The van der Waals surface area contributed by atoms with Crippen LogP contribution in [0.2, 0.25) is 0 Å². The number of hydrogen-bond acceptors (Lipinski definition) is 7. The molecule has 0 aliphatic carbocycles. The van der Waals surface area contributed by atoms with Gasteiger partial charge in [-0.1, -0.05) is 19.9 Å². The highest BCUT2D eigenvalue weighted by molar-refractivity contribution is 5.96. The van der Waals surface area contributed by atoms with Crippen LogP contribution in [-0.4, -0.2) is 33.0 Å². The zero-order valence-electron chi connectivity index (χ0n) is 15.2. The molecule has 6 N–H and O–H groups in total. The Bertz CT molecular complexity index is 836. The minimum Gasteiger partial charge on any atom is -0.368 e. The molecular formula is C17H23N7O2. The number of rotatable bonds is 7. The lowest BCUT2D eigenvalue weighted by molar-refractivity contribution is -0.119. The average Bonchev–Trinajstić information content (AvgIpc) is 2.55. The summed E-state index contributed by atoms with van der Waals surface area (Å²) in [4.78, 5) is 27.4. The van der Waals surface area contributed by atoms with Gasteiger partial charge >= 0.3 is 0 Å².